The Kier molecular flexibility index (Phi) is 6.87. The van der Waals surface area contributed by atoms with Gasteiger partial charge in [0.25, 0.3) is 0 Å². The summed E-state index contributed by atoms with van der Waals surface area (Å²) in [5.41, 5.74) is 19.9. The molecule has 0 saturated heterocycles. The fraction of sp³-hybridized carbons (Fsp3) is 0.138. The van der Waals surface area contributed by atoms with E-state index >= 15 is 0 Å². The zero-order chi connectivity index (χ0) is 41.9. The Labute approximate surface area is 366 Å². The molecule has 0 spiro atoms. The van der Waals surface area contributed by atoms with E-state index in [1.165, 1.54) is 88.2 Å². The summed E-state index contributed by atoms with van der Waals surface area (Å²) in [6, 6.07) is 63.2. The van der Waals surface area contributed by atoms with Crippen molar-refractivity contribution >= 4 is 89.4 Å². The first kappa shape index (κ1) is 35.4. The maximum absolute atomic E-state index is 6.85. The maximum Gasteiger partial charge on any atom is 0.333 e. The lowest BCUT2D eigenvalue weighted by atomic mass is 9.45. The van der Waals surface area contributed by atoms with Gasteiger partial charge in [-0.05, 0) is 118 Å². The molecule has 5 heteroatoms. The van der Waals surface area contributed by atoms with Crippen molar-refractivity contribution in [2.75, 3.05) is 4.90 Å². The van der Waals surface area contributed by atoms with Gasteiger partial charge in [-0.3, -0.25) is 0 Å². The Morgan fingerprint density at radius 3 is 1.94 bits per heavy atom. The van der Waals surface area contributed by atoms with Gasteiger partial charge in [0.05, 0.1) is 16.7 Å². The summed E-state index contributed by atoms with van der Waals surface area (Å²) < 4.78 is 12.2. The molecule has 14 rings (SSSR count). The van der Waals surface area contributed by atoms with Crippen molar-refractivity contribution in [3.63, 3.8) is 0 Å². The molecule has 1 aliphatic carbocycles. The third-order valence-electron chi connectivity index (χ3n) is 15.1. The maximum atomic E-state index is 6.85. The van der Waals surface area contributed by atoms with Crippen LogP contribution in [0.4, 0.5) is 17.1 Å². The number of para-hydroxylation sites is 4. The lowest BCUT2D eigenvalue weighted by molar-refractivity contribution is 0.332. The molecule has 0 saturated carbocycles. The van der Waals surface area contributed by atoms with Crippen LogP contribution in [0.5, 0.6) is 0 Å². The molecule has 4 nitrogen and oxygen atoms in total. The average molecular weight is 810 g/mol. The first-order valence-electron chi connectivity index (χ1n) is 22.5. The van der Waals surface area contributed by atoms with Crippen molar-refractivity contribution < 1.29 is 4.42 Å². The van der Waals surface area contributed by atoms with E-state index < -0.39 is 0 Å². The van der Waals surface area contributed by atoms with Gasteiger partial charge in [-0.25, -0.2) is 0 Å². The Balaban J connectivity index is 1.22. The summed E-state index contributed by atoms with van der Waals surface area (Å²) >= 11 is 0. The molecule has 0 unspecified atom stereocenters. The average Bonchev–Trinajstić information content (AvgIpc) is 4.00. The first-order chi connectivity index (χ1) is 30.7. The van der Waals surface area contributed by atoms with Crippen LogP contribution in [0.3, 0.4) is 0 Å². The lowest BCUT2D eigenvalue weighted by Gasteiger charge is -2.42. The molecule has 2 aliphatic heterocycles. The number of anilines is 3. The van der Waals surface area contributed by atoms with Crippen molar-refractivity contribution in [2.45, 2.75) is 51.4 Å². The van der Waals surface area contributed by atoms with Crippen LogP contribution in [-0.2, 0) is 10.8 Å². The van der Waals surface area contributed by atoms with Crippen LogP contribution >= 0.6 is 0 Å². The largest absolute Gasteiger partial charge is 0.456 e. The van der Waals surface area contributed by atoms with Crippen molar-refractivity contribution in [1.82, 2.24) is 9.05 Å². The first-order valence-corrected chi connectivity index (χ1v) is 22.5. The second-order valence-corrected chi connectivity index (χ2v) is 19.5. The normalized spacial score (nSPS) is 15.4. The van der Waals surface area contributed by atoms with Gasteiger partial charge in [-0.15, -0.1) is 0 Å². The van der Waals surface area contributed by atoms with Crippen molar-refractivity contribution in [2.24, 2.45) is 0 Å². The molecule has 0 atom stereocenters. The van der Waals surface area contributed by atoms with Crippen LogP contribution in [0.2, 0.25) is 0 Å². The number of fused-ring (bicyclic) bond motifs is 13. The van der Waals surface area contributed by atoms with Crippen molar-refractivity contribution in [3.05, 3.63) is 181 Å². The molecule has 3 aromatic heterocycles. The van der Waals surface area contributed by atoms with Gasteiger partial charge in [-0.1, -0.05) is 131 Å². The summed E-state index contributed by atoms with van der Waals surface area (Å²) in [6.07, 6.45) is 2.30. The fourth-order valence-electron chi connectivity index (χ4n) is 12.0. The van der Waals surface area contributed by atoms with Crippen LogP contribution in [0.15, 0.2) is 174 Å². The third kappa shape index (κ3) is 4.67. The fourth-order valence-corrected chi connectivity index (χ4v) is 12.0. The number of benzene rings is 8. The van der Waals surface area contributed by atoms with Gasteiger partial charge in [0, 0.05) is 66.2 Å². The van der Waals surface area contributed by atoms with Gasteiger partial charge in [0.1, 0.15) is 11.3 Å². The zero-order valence-electron chi connectivity index (χ0n) is 35.9. The van der Waals surface area contributed by atoms with Gasteiger partial charge < -0.3 is 18.4 Å². The third-order valence-corrected chi connectivity index (χ3v) is 15.1. The van der Waals surface area contributed by atoms with Crippen LogP contribution < -0.4 is 15.8 Å². The summed E-state index contributed by atoms with van der Waals surface area (Å²) in [7, 11) is 0. The highest BCUT2D eigenvalue weighted by Crippen LogP contribution is 2.53. The second kappa shape index (κ2) is 12.2. The highest BCUT2D eigenvalue weighted by atomic mass is 16.3. The number of furan rings is 1. The Morgan fingerprint density at radius 2 is 1.21 bits per heavy atom. The monoisotopic (exact) mass is 809 g/mol. The predicted octanol–water partition coefficient (Wildman–Crippen LogP) is 14.1. The van der Waals surface area contributed by atoms with Crippen molar-refractivity contribution in [3.8, 4) is 28.1 Å². The second-order valence-electron chi connectivity index (χ2n) is 19.5. The molecule has 0 bridgehead atoms. The van der Waals surface area contributed by atoms with Crippen LogP contribution in [0.25, 0.3) is 82.7 Å². The molecule has 0 N–H and O–H groups in total. The van der Waals surface area contributed by atoms with E-state index in [-0.39, 0.29) is 17.7 Å². The Morgan fingerprint density at radius 1 is 0.556 bits per heavy atom. The predicted molar refractivity (Wildman–Crippen MR) is 265 cm³/mol. The minimum Gasteiger partial charge on any atom is -0.456 e. The van der Waals surface area contributed by atoms with Crippen LogP contribution in [0.1, 0.15) is 51.7 Å². The molecule has 0 amide bonds. The number of hydrogen-bond acceptors (Lipinski definition) is 2. The van der Waals surface area contributed by atoms with E-state index in [4.69, 9.17) is 4.42 Å². The number of rotatable bonds is 4. The standard InChI is InChI=1S/C58H44BN3O/c1-57(2)27-28-58(3,4)45-33-48-43(31-44(45)57)53-50(60(37-19-10-6-11-20-37)38-21-12-7-13-22-38)32-42-41-25-16-24-40-39-23-14-15-26-47(39)62(55(40)41)59-46-34-52-36(29-49(46)61(48)56(53)54(42)59)30-51(63-52)35-17-8-5-9-18-35/h5-26,29-34H,27-28H2,1-4H3. The van der Waals surface area contributed by atoms with Gasteiger partial charge >= 0.3 is 6.85 Å². The van der Waals surface area contributed by atoms with E-state index in [0.29, 0.717) is 0 Å². The van der Waals surface area contributed by atoms with Gasteiger partial charge in [0.15, 0.2) is 0 Å². The molecule has 5 heterocycles. The number of hydrogen-bond donors (Lipinski definition) is 0. The minimum atomic E-state index is -0.0975. The molecule has 0 fully saturated rings. The Bertz CT molecular complexity index is 3700. The topological polar surface area (TPSA) is 26.2 Å². The van der Waals surface area contributed by atoms with E-state index in [9.17, 15) is 0 Å². The molecular formula is C58H44BN3O. The molecule has 3 aliphatic rings. The molecular weight excluding hydrogens is 765 g/mol. The summed E-state index contributed by atoms with van der Waals surface area (Å²) in [4.78, 5) is 2.51. The van der Waals surface area contributed by atoms with E-state index in [1.54, 1.807) is 0 Å². The highest BCUT2D eigenvalue weighted by molar-refractivity contribution is 6.90. The molecule has 300 valence electrons. The zero-order valence-corrected chi connectivity index (χ0v) is 35.9. The molecule has 0 radical (unpaired) electrons. The number of nitrogens with zero attached hydrogens (tertiary/aromatic N) is 3. The van der Waals surface area contributed by atoms with E-state index in [0.717, 1.165) is 46.5 Å². The number of aromatic nitrogens is 2. The summed E-state index contributed by atoms with van der Waals surface area (Å²) in [5, 5.41) is 6.27. The molecule has 63 heavy (non-hydrogen) atoms. The highest BCUT2D eigenvalue weighted by Gasteiger charge is 2.44. The van der Waals surface area contributed by atoms with Crippen LogP contribution in [-0.4, -0.2) is 15.9 Å². The van der Waals surface area contributed by atoms with Gasteiger partial charge in [0.2, 0.25) is 0 Å². The summed E-state index contributed by atoms with van der Waals surface area (Å²) in [6.45, 7) is 9.72. The van der Waals surface area contributed by atoms with Gasteiger partial charge in [-0.2, -0.15) is 0 Å². The minimum absolute atomic E-state index is 0.0336. The van der Waals surface area contributed by atoms with E-state index in [1.807, 2.05) is 0 Å². The van der Waals surface area contributed by atoms with Crippen LogP contribution in [0, 0.1) is 0 Å². The quantitative estimate of drug-likeness (QED) is 0.166. The smallest absolute Gasteiger partial charge is 0.333 e. The molecule has 11 aromatic rings. The van der Waals surface area contributed by atoms with E-state index in [2.05, 4.69) is 211 Å². The lowest BCUT2D eigenvalue weighted by Crippen LogP contribution is -2.55. The molecule has 8 aromatic carbocycles. The van der Waals surface area contributed by atoms with Crippen molar-refractivity contribution in [1.29, 1.82) is 0 Å². The Hall–Kier alpha value is -7.24. The SMILES string of the molecule is CC1(C)CCC(C)(C)c2cc3c(cc21)c1c(N(c2ccccc2)c2ccccc2)cc2c4c1n3-c1cc3cc(-c5ccccc5)oc3cc1B4n1c3ccccc3c3cccc-2c31. The summed E-state index contributed by atoms with van der Waals surface area (Å²) in [5.74, 6) is 0.887.